The van der Waals surface area contributed by atoms with Crippen molar-refractivity contribution >= 4 is 43.1 Å². The van der Waals surface area contributed by atoms with Gasteiger partial charge in [0.05, 0.1) is 26.4 Å². The molecule has 2 aliphatic carbocycles. The molecular weight excluding hydrogens is 641 g/mol. The van der Waals surface area contributed by atoms with Crippen LogP contribution in [0.15, 0.2) is 158 Å². The first-order chi connectivity index (χ1) is 25.7. The van der Waals surface area contributed by atoms with E-state index in [9.17, 15) is 0 Å². The summed E-state index contributed by atoms with van der Waals surface area (Å²) in [6.07, 6.45) is 19.3. The number of ether oxygens (including phenoxy) is 4. The maximum atomic E-state index is 5.34. The fourth-order valence-corrected chi connectivity index (χ4v) is 6.75. The Kier molecular flexibility index (Phi) is 15.4. The Bertz CT molecular complexity index is 1860. The van der Waals surface area contributed by atoms with Crippen molar-refractivity contribution in [1.82, 2.24) is 0 Å². The van der Waals surface area contributed by atoms with Crippen LogP contribution in [0.5, 0.6) is 0 Å². The zero-order valence-electron chi connectivity index (χ0n) is 31.0. The number of benzene rings is 6. The van der Waals surface area contributed by atoms with E-state index in [1.54, 1.807) is 28.4 Å². The molecular formula is C48H52O4. The molecule has 0 fully saturated rings. The van der Waals surface area contributed by atoms with Crippen LogP contribution < -0.4 is 0 Å². The van der Waals surface area contributed by atoms with E-state index in [1.807, 2.05) is 0 Å². The van der Waals surface area contributed by atoms with Crippen molar-refractivity contribution in [2.24, 2.45) is 11.8 Å². The lowest BCUT2D eigenvalue weighted by Gasteiger charge is -2.10. The molecule has 2 unspecified atom stereocenters. The monoisotopic (exact) mass is 692 g/mol. The van der Waals surface area contributed by atoms with Crippen LogP contribution in [0.1, 0.15) is 24.0 Å². The normalized spacial score (nSPS) is 15.8. The molecule has 268 valence electrons. The quantitative estimate of drug-likeness (QED) is 0.149. The van der Waals surface area contributed by atoms with Gasteiger partial charge in [0.25, 0.3) is 0 Å². The molecule has 8 rings (SSSR count). The highest BCUT2D eigenvalue weighted by Gasteiger charge is 2.08. The summed E-state index contributed by atoms with van der Waals surface area (Å²) in [6, 6.07) is 38.4. The summed E-state index contributed by atoms with van der Waals surface area (Å²) in [7, 11) is 6.98. The minimum Gasteiger partial charge on any atom is -0.384 e. The molecule has 0 radical (unpaired) electrons. The Hall–Kier alpha value is -4.84. The third-order valence-corrected chi connectivity index (χ3v) is 9.24. The van der Waals surface area contributed by atoms with Gasteiger partial charge in [-0.05, 0) is 79.2 Å². The van der Waals surface area contributed by atoms with Gasteiger partial charge in [0, 0.05) is 40.3 Å². The summed E-state index contributed by atoms with van der Waals surface area (Å²) < 4.78 is 20.7. The van der Waals surface area contributed by atoms with Crippen LogP contribution in [0, 0.1) is 11.8 Å². The first kappa shape index (κ1) is 38.4. The average molecular weight is 693 g/mol. The number of rotatable bonds is 8. The lowest BCUT2D eigenvalue weighted by Crippen LogP contribution is -2.04. The lowest BCUT2D eigenvalue weighted by molar-refractivity contribution is 0.170. The van der Waals surface area contributed by atoms with Crippen LogP contribution in [0.4, 0.5) is 0 Å². The second-order valence-electron chi connectivity index (χ2n) is 13.0. The molecule has 0 spiro atoms. The Morgan fingerprint density at radius 1 is 0.423 bits per heavy atom. The lowest BCUT2D eigenvalue weighted by atomic mass is 9.97. The van der Waals surface area contributed by atoms with E-state index in [1.165, 1.54) is 54.2 Å². The minimum atomic E-state index is 0.611. The molecule has 0 saturated carbocycles. The first-order valence-electron chi connectivity index (χ1n) is 18.1. The predicted molar refractivity (Wildman–Crippen MR) is 221 cm³/mol. The van der Waals surface area contributed by atoms with Gasteiger partial charge in [0.1, 0.15) is 0 Å². The average Bonchev–Trinajstić information content (AvgIpc) is 3.20. The number of hydrogen-bond donors (Lipinski definition) is 0. The number of fused-ring (bicyclic) bond motifs is 4. The molecule has 6 aromatic carbocycles. The molecule has 52 heavy (non-hydrogen) atoms. The molecule has 0 N–H and O–H groups in total. The minimum absolute atomic E-state index is 0.611. The summed E-state index contributed by atoms with van der Waals surface area (Å²) >= 11 is 0. The van der Waals surface area contributed by atoms with E-state index in [0.717, 1.165) is 26.1 Å². The van der Waals surface area contributed by atoms with Crippen molar-refractivity contribution in [2.45, 2.75) is 26.1 Å². The van der Waals surface area contributed by atoms with Crippen molar-refractivity contribution in [2.75, 3.05) is 41.7 Å². The smallest absolute Gasteiger partial charge is 0.0725 e. The van der Waals surface area contributed by atoms with Crippen LogP contribution in [-0.2, 0) is 32.2 Å². The number of methoxy groups -OCH3 is 4. The van der Waals surface area contributed by atoms with Crippen LogP contribution in [0.2, 0.25) is 0 Å². The summed E-state index contributed by atoms with van der Waals surface area (Å²) in [5.41, 5.74) is 2.56. The van der Waals surface area contributed by atoms with Gasteiger partial charge in [-0.3, -0.25) is 0 Å². The van der Waals surface area contributed by atoms with Crippen molar-refractivity contribution in [3.63, 3.8) is 0 Å². The Morgan fingerprint density at radius 3 is 1.02 bits per heavy atom. The molecule has 0 aliphatic heterocycles. The SMILES string of the molecule is COCC1C=CC=CC1.COCC1C=CC=CC1.COCc1c2ccccc2cc2ccccc12.COCc1c2ccccc2cc2ccccc12. The van der Waals surface area contributed by atoms with Crippen LogP contribution >= 0.6 is 0 Å². The van der Waals surface area contributed by atoms with E-state index in [-0.39, 0.29) is 0 Å². The third kappa shape index (κ3) is 10.6. The standard InChI is InChI=1S/2C16H14O.2C8H12O/c2*1-17-11-16-14-8-4-2-6-12(14)10-13-7-3-5-9-15(13)16;2*1-9-7-8-5-3-2-4-6-8/h2*2-10H,11H2,1H3;2*2-5,8H,6-7H2,1H3. The second kappa shape index (κ2) is 20.9. The summed E-state index contributed by atoms with van der Waals surface area (Å²) in [5.74, 6) is 1.22. The maximum absolute atomic E-state index is 5.34. The molecule has 0 heterocycles. The maximum Gasteiger partial charge on any atom is 0.0725 e. The molecule has 4 nitrogen and oxygen atoms in total. The first-order valence-corrected chi connectivity index (χ1v) is 18.1. The summed E-state index contributed by atoms with van der Waals surface area (Å²) in [4.78, 5) is 0. The summed E-state index contributed by atoms with van der Waals surface area (Å²) in [5, 5.41) is 10.2. The Morgan fingerprint density at radius 2 is 0.750 bits per heavy atom. The topological polar surface area (TPSA) is 36.9 Å². The van der Waals surface area contributed by atoms with Gasteiger partial charge < -0.3 is 18.9 Å². The van der Waals surface area contributed by atoms with E-state index < -0.39 is 0 Å². The van der Waals surface area contributed by atoms with Gasteiger partial charge in [0.15, 0.2) is 0 Å². The molecule has 0 bridgehead atoms. The third-order valence-electron chi connectivity index (χ3n) is 9.24. The molecule has 4 heteroatoms. The van der Waals surface area contributed by atoms with E-state index >= 15 is 0 Å². The fraction of sp³-hybridized carbons (Fsp3) is 0.250. The van der Waals surface area contributed by atoms with Gasteiger partial charge in [-0.15, -0.1) is 0 Å². The largest absolute Gasteiger partial charge is 0.384 e. The van der Waals surface area contributed by atoms with Crippen molar-refractivity contribution < 1.29 is 18.9 Å². The Labute approximate surface area is 309 Å². The second-order valence-corrected chi connectivity index (χ2v) is 13.0. The predicted octanol–water partition coefficient (Wildman–Crippen LogP) is 11.8. The zero-order valence-corrected chi connectivity index (χ0v) is 31.0. The highest BCUT2D eigenvalue weighted by atomic mass is 16.5. The Balaban J connectivity index is 0.000000140. The van der Waals surface area contributed by atoms with Gasteiger partial charge in [0.2, 0.25) is 0 Å². The zero-order chi connectivity index (χ0) is 36.4. The highest BCUT2D eigenvalue weighted by Crippen LogP contribution is 2.30. The molecule has 6 aromatic rings. The van der Waals surface area contributed by atoms with E-state index in [2.05, 4.69) is 158 Å². The highest BCUT2D eigenvalue weighted by molar-refractivity contribution is 6.03. The molecule has 2 aliphatic rings. The number of allylic oxidation sites excluding steroid dienone is 6. The van der Waals surface area contributed by atoms with Crippen molar-refractivity contribution in [3.8, 4) is 0 Å². The van der Waals surface area contributed by atoms with Gasteiger partial charge >= 0.3 is 0 Å². The van der Waals surface area contributed by atoms with E-state index in [4.69, 9.17) is 18.9 Å². The molecule has 0 amide bonds. The van der Waals surface area contributed by atoms with Gasteiger partial charge in [-0.1, -0.05) is 146 Å². The van der Waals surface area contributed by atoms with Gasteiger partial charge in [-0.25, -0.2) is 0 Å². The molecule has 2 atom stereocenters. The molecule has 0 aromatic heterocycles. The molecule has 0 saturated heterocycles. The van der Waals surface area contributed by atoms with Gasteiger partial charge in [-0.2, -0.15) is 0 Å². The van der Waals surface area contributed by atoms with Crippen molar-refractivity contribution in [1.29, 1.82) is 0 Å². The number of hydrogen-bond acceptors (Lipinski definition) is 4. The fourth-order valence-electron chi connectivity index (χ4n) is 6.75. The van der Waals surface area contributed by atoms with E-state index in [0.29, 0.717) is 25.0 Å². The van der Waals surface area contributed by atoms with Crippen LogP contribution in [0.3, 0.4) is 0 Å². The van der Waals surface area contributed by atoms with Crippen molar-refractivity contribution in [3.05, 3.63) is 169 Å². The van der Waals surface area contributed by atoms with Crippen LogP contribution in [0.25, 0.3) is 43.1 Å². The summed E-state index contributed by atoms with van der Waals surface area (Å²) in [6.45, 7) is 3.01. The van der Waals surface area contributed by atoms with Crippen LogP contribution in [-0.4, -0.2) is 41.7 Å².